The van der Waals surface area contributed by atoms with Crippen LogP contribution in [0.1, 0.15) is 77.1 Å². The van der Waals surface area contributed by atoms with E-state index in [1.165, 1.54) is 4.90 Å². The van der Waals surface area contributed by atoms with Crippen LogP contribution in [0.5, 0.6) is 0 Å². The molecule has 9 heteroatoms. The Hall–Kier alpha value is -3.10. The van der Waals surface area contributed by atoms with Crippen LogP contribution in [0, 0.1) is 19.8 Å². The molecule has 0 saturated heterocycles. The molecule has 1 aromatic carbocycles. The fourth-order valence-corrected chi connectivity index (χ4v) is 3.71. The van der Waals surface area contributed by atoms with E-state index in [1.54, 1.807) is 34.7 Å². The Labute approximate surface area is 215 Å². The third kappa shape index (κ3) is 10.3. The number of carbonyl (C=O) groups is 4. The lowest BCUT2D eigenvalue weighted by atomic mass is 9.95. The third-order valence-corrected chi connectivity index (χ3v) is 5.34. The van der Waals surface area contributed by atoms with E-state index in [0.717, 1.165) is 11.1 Å². The molecular formula is C27H43N3O6. The second-order valence-electron chi connectivity index (χ2n) is 10.4. The van der Waals surface area contributed by atoms with Gasteiger partial charge in [0.15, 0.2) is 0 Å². The van der Waals surface area contributed by atoms with Gasteiger partial charge in [0.25, 0.3) is 0 Å². The Morgan fingerprint density at radius 1 is 1.08 bits per heavy atom. The summed E-state index contributed by atoms with van der Waals surface area (Å²) in [6.07, 6.45) is -0.309. The van der Waals surface area contributed by atoms with Crippen molar-refractivity contribution in [2.45, 2.75) is 85.9 Å². The number of hydrogen-bond acceptors (Lipinski definition) is 6. The van der Waals surface area contributed by atoms with Crippen molar-refractivity contribution >= 4 is 23.9 Å². The summed E-state index contributed by atoms with van der Waals surface area (Å²) in [5.41, 5.74) is 1.72. The first-order valence-corrected chi connectivity index (χ1v) is 12.4. The summed E-state index contributed by atoms with van der Waals surface area (Å²) >= 11 is 0. The molecule has 3 amide bonds. The van der Waals surface area contributed by atoms with Gasteiger partial charge >= 0.3 is 12.1 Å². The lowest BCUT2D eigenvalue weighted by Crippen LogP contribution is -2.52. The van der Waals surface area contributed by atoms with E-state index in [2.05, 4.69) is 10.6 Å². The zero-order valence-electron chi connectivity index (χ0n) is 23.2. The van der Waals surface area contributed by atoms with Crippen molar-refractivity contribution in [1.82, 2.24) is 15.5 Å². The predicted octanol–water partition coefficient (Wildman–Crippen LogP) is 3.81. The van der Waals surface area contributed by atoms with Crippen molar-refractivity contribution in [2.24, 2.45) is 5.92 Å². The van der Waals surface area contributed by atoms with Gasteiger partial charge in [-0.2, -0.15) is 0 Å². The van der Waals surface area contributed by atoms with Crippen LogP contribution in [0.4, 0.5) is 4.79 Å². The van der Waals surface area contributed by atoms with Crippen molar-refractivity contribution in [3.05, 3.63) is 34.9 Å². The minimum atomic E-state index is -0.963. The van der Waals surface area contributed by atoms with Gasteiger partial charge in [0.05, 0.1) is 13.0 Å². The fourth-order valence-electron chi connectivity index (χ4n) is 3.71. The number of carbonyl (C=O) groups excluding carboxylic acids is 4. The molecule has 0 aromatic heterocycles. The van der Waals surface area contributed by atoms with E-state index in [9.17, 15) is 19.2 Å². The molecule has 0 heterocycles. The summed E-state index contributed by atoms with van der Waals surface area (Å²) in [4.78, 5) is 52.6. The molecule has 9 nitrogen and oxygen atoms in total. The molecule has 0 spiro atoms. The number of nitrogens with zero attached hydrogens (tertiary/aromatic N) is 1. The average molecular weight is 506 g/mol. The lowest BCUT2D eigenvalue weighted by molar-refractivity contribution is -0.143. The van der Waals surface area contributed by atoms with E-state index in [4.69, 9.17) is 9.47 Å². The van der Waals surface area contributed by atoms with Crippen LogP contribution < -0.4 is 10.6 Å². The maximum atomic E-state index is 13.7. The van der Waals surface area contributed by atoms with Gasteiger partial charge in [-0.05, 0) is 65.0 Å². The van der Waals surface area contributed by atoms with Crippen LogP contribution in [-0.4, -0.2) is 60.6 Å². The highest BCUT2D eigenvalue weighted by molar-refractivity contribution is 5.92. The molecule has 1 rings (SSSR count). The zero-order chi connectivity index (χ0) is 27.6. The highest BCUT2D eigenvalue weighted by Crippen LogP contribution is 2.26. The number of nitrogens with one attached hydrogen (secondary N) is 2. The molecule has 0 aliphatic heterocycles. The largest absolute Gasteiger partial charge is 0.466 e. The molecule has 202 valence electrons. The smallest absolute Gasteiger partial charge is 0.408 e. The van der Waals surface area contributed by atoms with Gasteiger partial charge in [0, 0.05) is 13.6 Å². The number of aryl methyl sites for hydroxylation is 2. The topological polar surface area (TPSA) is 114 Å². The summed E-state index contributed by atoms with van der Waals surface area (Å²) in [6.45, 7) is 15.0. The van der Waals surface area contributed by atoms with Gasteiger partial charge < -0.3 is 25.0 Å². The quantitative estimate of drug-likeness (QED) is 0.442. The van der Waals surface area contributed by atoms with E-state index in [-0.39, 0.29) is 25.5 Å². The number of hydrogen-bond donors (Lipinski definition) is 2. The van der Waals surface area contributed by atoms with E-state index in [0.29, 0.717) is 12.0 Å². The minimum Gasteiger partial charge on any atom is -0.466 e. The maximum Gasteiger partial charge on any atom is 0.408 e. The molecule has 1 aromatic rings. The Bertz CT molecular complexity index is 923. The van der Waals surface area contributed by atoms with Gasteiger partial charge in [-0.1, -0.05) is 37.6 Å². The summed E-state index contributed by atoms with van der Waals surface area (Å²) in [6, 6.07) is 3.85. The highest BCUT2D eigenvalue weighted by Gasteiger charge is 2.35. The molecule has 2 atom stereocenters. The van der Waals surface area contributed by atoms with Gasteiger partial charge in [-0.15, -0.1) is 0 Å². The number of likely N-dealkylation sites (N-methyl/N-ethyl adjacent to an activating group) is 1. The number of esters is 1. The maximum absolute atomic E-state index is 13.7. The molecule has 2 unspecified atom stereocenters. The summed E-state index contributed by atoms with van der Waals surface area (Å²) in [7, 11) is 1.55. The van der Waals surface area contributed by atoms with Crippen LogP contribution >= 0.6 is 0 Å². The van der Waals surface area contributed by atoms with Crippen molar-refractivity contribution in [1.29, 1.82) is 0 Å². The summed E-state index contributed by atoms with van der Waals surface area (Å²) in [5, 5.41) is 5.44. The minimum absolute atomic E-state index is 0.0208. The molecule has 0 aliphatic carbocycles. The van der Waals surface area contributed by atoms with Gasteiger partial charge in [-0.3, -0.25) is 14.4 Å². The van der Waals surface area contributed by atoms with Crippen LogP contribution in [0.15, 0.2) is 18.2 Å². The Morgan fingerprint density at radius 3 is 2.28 bits per heavy atom. The third-order valence-electron chi connectivity index (χ3n) is 5.34. The standard InChI is InChI=1S/C27H43N3O6/c1-10-35-22(31)13-14-28-24(32)23(20-16-18(4)11-12-19(20)5)30(9)25(33)21(15-17(2)3)29-26(34)36-27(6,7)8/h11-12,16-17,21,23H,10,13-15H2,1-9H3,(H,28,32)(H,29,34). The van der Waals surface area contributed by atoms with Gasteiger partial charge in [0.2, 0.25) is 11.8 Å². The van der Waals surface area contributed by atoms with Crippen LogP contribution in [-0.2, 0) is 23.9 Å². The molecule has 0 saturated carbocycles. The Balaban J connectivity index is 3.26. The first-order chi connectivity index (χ1) is 16.7. The normalized spacial score (nSPS) is 12.9. The van der Waals surface area contributed by atoms with Crippen LogP contribution in [0.25, 0.3) is 0 Å². The van der Waals surface area contributed by atoms with Crippen molar-refractivity contribution in [3.63, 3.8) is 0 Å². The molecule has 0 radical (unpaired) electrons. The molecule has 2 N–H and O–H groups in total. The van der Waals surface area contributed by atoms with Gasteiger partial charge in [0.1, 0.15) is 17.7 Å². The highest BCUT2D eigenvalue weighted by atomic mass is 16.6. The average Bonchev–Trinajstić information content (AvgIpc) is 2.73. The van der Waals surface area contributed by atoms with Crippen molar-refractivity contribution < 1.29 is 28.7 Å². The van der Waals surface area contributed by atoms with Crippen LogP contribution in [0.2, 0.25) is 0 Å². The first kappa shape index (κ1) is 30.9. The number of ether oxygens (including phenoxy) is 2. The SMILES string of the molecule is CCOC(=O)CCNC(=O)C(c1cc(C)ccc1C)N(C)C(=O)C(CC(C)C)NC(=O)OC(C)(C)C. The van der Waals surface area contributed by atoms with Crippen molar-refractivity contribution in [2.75, 3.05) is 20.2 Å². The van der Waals surface area contributed by atoms with Gasteiger partial charge in [-0.25, -0.2) is 4.79 Å². The molecule has 0 aliphatic rings. The van der Waals surface area contributed by atoms with Crippen LogP contribution in [0.3, 0.4) is 0 Å². The number of alkyl carbamates (subject to hydrolysis) is 1. The van der Waals surface area contributed by atoms with E-state index >= 15 is 0 Å². The lowest BCUT2D eigenvalue weighted by Gasteiger charge is -2.33. The second-order valence-corrected chi connectivity index (χ2v) is 10.4. The van der Waals surface area contributed by atoms with E-state index < -0.39 is 41.6 Å². The molecule has 0 fully saturated rings. The first-order valence-electron chi connectivity index (χ1n) is 12.4. The summed E-state index contributed by atoms with van der Waals surface area (Å²) in [5.74, 6) is -1.16. The molecule has 36 heavy (non-hydrogen) atoms. The second kappa shape index (κ2) is 13.8. The van der Waals surface area contributed by atoms with Crippen molar-refractivity contribution in [3.8, 4) is 0 Å². The summed E-state index contributed by atoms with van der Waals surface area (Å²) < 4.78 is 10.3. The Morgan fingerprint density at radius 2 is 1.72 bits per heavy atom. The molecular weight excluding hydrogens is 462 g/mol. The molecule has 0 bridgehead atoms. The van der Waals surface area contributed by atoms with E-state index in [1.807, 2.05) is 45.9 Å². The number of benzene rings is 1. The zero-order valence-corrected chi connectivity index (χ0v) is 23.2. The number of amides is 3. The fraction of sp³-hybridized carbons (Fsp3) is 0.630. The number of rotatable bonds is 11. The monoisotopic (exact) mass is 505 g/mol. The predicted molar refractivity (Wildman–Crippen MR) is 138 cm³/mol. The Kier molecular flexibility index (Phi) is 11.9.